The molecule has 0 aliphatic carbocycles. The molecule has 140 valence electrons. The van der Waals surface area contributed by atoms with Gasteiger partial charge in [0.05, 0.1) is 13.2 Å². The van der Waals surface area contributed by atoms with Crippen LogP contribution in [-0.2, 0) is 17.7 Å². The molecule has 25 heavy (non-hydrogen) atoms. The van der Waals surface area contributed by atoms with E-state index in [1.54, 1.807) is 16.2 Å². The molecule has 0 saturated carbocycles. The fourth-order valence-electron chi connectivity index (χ4n) is 2.67. The van der Waals surface area contributed by atoms with Gasteiger partial charge in [0, 0.05) is 36.8 Å². The SMILES string of the molecule is CCNC(=NCc1ncc(CC)s1)NC1CCN(C(=O)OCC)CC1. The maximum atomic E-state index is 11.8. The van der Waals surface area contributed by atoms with Crippen LogP contribution in [0.5, 0.6) is 0 Å². The normalized spacial score (nSPS) is 16.0. The molecule has 1 aromatic heterocycles. The van der Waals surface area contributed by atoms with Gasteiger partial charge in [-0.15, -0.1) is 11.3 Å². The molecule has 0 spiro atoms. The van der Waals surface area contributed by atoms with Crippen molar-refractivity contribution in [1.82, 2.24) is 20.5 Å². The summed E-state index contributed by atoms with van der Waals surface area (Å²) in [6, 6.07) is 0.311. The van der Waals surface area contributed by atoms with E-state index in [1.165, 1.54) is 4.88 Å². The fourth-order valence-corrected chi connectivity index (χ4v) is 3.45. The molecular weight excluding hydrogens is 338 g/mol. The third-order valence-corrected chi connectivity index (χ3v) is 5.15. The summed E-state index contributed by atoms with van der Waals surface area (Å²) in [4.78, 5) is 23.9. The van der Waals surface area contributed by atoms with E-state index in [0.29, 0.717) is 32.3 Å². The lowest BCUT2D eigenvalue weighted by atomic mass is 10.1. The lowest BCUT2D eigenvalue weighted by Crippen LogP contribution is -2.49. The lowest BCUT2D eigenvalue weighted by molar-refractivity contribution is 0.0963. The van der Waals surface area contributed by atoms with Crippen LogP contribution in [0.15, 0.2) is 11.2 Å². The molecule has 0 bridgehead atoms. The molecule has 7 nitrogen and oxygen atoms in total. The topological polar surface area (TPSA) is 78.9 Å². The number of nitrogens with zero attached hydrogens (tertiary/aromatic N) is 3. The smallest absolute Gasteiger partial charge is 0.409 e. The van der Waals surface area contributed by atoms with Crippen molar-refractivity contribution in [2.75, 3.05) is 26.2 Å². The van der Waals surface area contributed by atoms with E-state index in [1.807, 2.05) is 13.1 Å². The van der Waals surface area contributed by atoms with Gasteiger partial charge in [-0.3, -0.25) is 0 Å². The zero-order valence-corrected chi connectivity index (χ0v) is 16.2. The summed E-state index contributed by atoms with van der Waals surface area (Å²) < 4.78 is 5.06. The van der Waals surface area contributed by atoms with Crippen LogP contribution in [0.4, 0.5) is 4.79 Å². The van der Waals surface area contributed by atoms with E-state index in [4.69, 9.17) is 4.74 Å². The molecule has 1 amide bonds. The number of ether oxygens (including phenoxy) is 1. The Morgan fingerprint density at radius 2 is 2.16 bits per heavy atom. The number of carbonyl (C=O) groups is 1. The predicted octanol–water partition coefficient (Wildman–Crippen LogP) is 2.38. The first-order valence-corrected chi connectivity index (χ1v) is 9.88. The summed E-state index contributed by atoms with van der Waals surface area (Å²) in [6.07, 6.45) is 4.51. The standard InChI is InChI=1S/C17H29N5O2S/c1-4-14-11-19-15(25-14)12-20-16(18-5-2)21-13-7-9-22(10-8-13)17(23)24-6-3/h11,13H,4-10,12H2,1-3H3,(H2,18,20,21). The summed E-state index contributed by atoms with van der Waals surface area (Å²) in [5.41, 5.74) is 0. The average Bonchev–Trinajstić information content (AvgIpc) is 3.09. The lowest BCUT2D eigenvalue weighted by Gasteiger charge is -2.32. The largest absolute Gasteiger partial charge is 0.450 e. The van der Waals surface area contributed by atoms with Gasteiger partial charge >= 0.3 is 6.09 Å². The van der Waals surface area contributed by atoms with Gasteiger partial charge in [0.25, 0.3) is 0 Å². The summed E-state index contributed by atoms with van der Waals surface area (Å²) >= 11 is 1.72. The molecule has 0 unspecified atom stereocenters. The number of aliphatic imine (C=N–C) groups is 1. The van der Waals surface area contributed by atoms with Crippen molar-refractivity contribution in [3.05, 3.63) is 16.1 Å². The zero-order valence-electron chi connectivity index (χ0n) is 15.4. The number of rotatable bonds is 6. The van der Waals surface area contributed by atoms with Crippen molar-refractivity contribution in [3.63, 3.8) is 0 Å². The van der Waals surface area contributed by atoms with Gasteiger partial charge in [-0.1, -0.05) is 6.92 Å². The number of piperidine rings is 1. The summed E-state index contributed by atoms with van der Waals surface area (Å²) in [6.45, 7) is 9.26. The van der Waals surface area contributed by atoms with Gasteiger partial charge in [0.1, 0.15) is 5.01 Å². The second kappa shape index (κ2) is 10.2. The van der Waals surface area contributed by atoms with Gasteiger partial charge in [-0.25, -0.2) is 14.8 Å². The Morgan fingerprint density at radius 3 is 2.76 bits per heavy atom. The number of guanidine groups is 1. The van der Waals surface area contributed by atoms with Crippen molar-refractivity contribution < 1.29 is 9.53 Å². The van der Waals surface area contributed by atoms with Crippen LogP contribution < -0.4 is 10.6 Å². The Kier molecular flexibility index (Phi) is 7.97. The van der Waals surface area contributed by atoms with Crippen molar-refractivity contribution in [3.8, 4) is 0 Å². The number of amides is 1. The number of hydrogen-bond acceptors (Lipinski definition) is 5. The van der Waals surface area contributed by atoms with E-state index in [0.717, 1.165) is 36.8 Å². The van der Waals surface area contributed by atoms with Crippen molar-refractivity contribution in [2.24, 2.45) is 4.99 Å². The van der Waals surface area contributed by atoms with Crippen molar-refractivity contribution in [1.29, 1.82) is 0 Å². The van der Waals surface area contributed by atoms with Gasteiger partial charge < -0.3 is 20.3 Å². The van der Waals surface area contributed by atoms with E-state index in [9.17, 15) is 4.79 Å². The van der Waals surface area contributed by atoms with Gasteiger partial charge in [0.2, 0.25) is 0 Å². The molecule has 8 heteroatoms. The second-order valence-electron chi connectivity index (χ2n) is 5.87. The minimum absolute atomic E-state index is 0.211. The Labute approximate surface area is 153 Å². The molecule has 2 N–H and O–H groups in total. The number of hydrogen-bond donors (Lipinski definition) is 2. The minimum atomic E-state index is -0.211. The van der Waals surface area contributed by atoms with Crippen LogP contribution in [-0.4, -0.2) is 54.2 Å². The first kappa shape index (κ1) is 19.5. The first-order valence-electron chi connectivity index (χ1n) is 9.06. The molecule has 1 saturated heterocycles. The summed E-state index contributed by atoms with van der Waals surface area (Å²) in [5, 5.41) is 7.80. The van der Waals surface area contributed by atoms with Crippen LogP contribution >= 0.6 is 11.3 Å². The molecule has 2 rings (SSSR count). The maximum Gasteiger partial charge on any atom is 0.409 e. The third kappa shape index (κ3) is 6.19. The quantitative estimate of drug-likeness (QED) is 0.596. The van der Waals surface area contributed by atoms with Crippen molar-refractivity contribution in [2.45, 2.75) is 52.6 Å². The number of nitrogens with one attached hydrogen (secondary N) is 2. The monoisotopic (exact) mass is 367 g/mol. The Morgan fingerprint density at radius 1 is 1.40 bits per heavy atom. The summed E-state index contributed by atoms with van der Waals surface area (Å²) in [5.74, 6) is 0.810. The Bertz CT molecular complexity index is 567. The number of likely N-dealkylation sites (tertiary alicyclic amines) is 1. The highest BCUT2D eigenvalue weighted by molar-refractivity contribution is 7.11. The van der Waals surface area contributed by atoms with Gasteiger partial charge in [-0.05, 0) is 33.1 Å². The van der Waals surface area contributed by atoms with Crippen LogP contribution in [0.25, 0.3) is 0 Å². The number of aryl methyl sites for hydroxylation is 1. The molecule has 1 aliphatic rings. The molecular formula is C17H29N5O2S. The number of aromatic nitrogens is 1. The van der Waals surface area contributed by atoms with Crippen LogP contribution in [0.2, 0.25) is 0 Å². The van der Waals surface area contributed by atoms with Gasteiger partial charge in [0.15, 0.2) is 5.96 Å². The predicted molar refractivity (Wildman–Crippen MR) is 101 cm³/mol. The highest BCUT2D eigenvalue weighted by Crippen LogP contribution is 2.14. The van der Waals surface area contributed by atoms with Gasteiger partial charge in [-0.2, -0.15) is 0 Å². The van der Waals surface area contributed by atoms with Crippen LogP contribution in [0.1, 0.15) is 43.5 Å². The van der Waals surface area contributed by atoms with E-state index < -0.39 is 0 Å². The third-order valence-electron chi connectivity index (χ3n) is 4.03. The highest BCUT2D eigenvalue weighted by Gasteiger charge is 2.24. The molecule has 0 aromatic carbocycles. The van der Waals surface area contributed by atoms with Crippen LogP contribution in [0.3, 0.4) is 0 Å². The van der Waals surface area contributed by atoms with E-state index in [2.05, 4.69) is 34.5 Å². The molecule has 2 heterocycles. The molecule has 1 fully saturated rings. The highest BCUT2D eigenvalue weighted by atomic mass is 32.1. The minimum Gasteiger partial charge on any atom is -0.450 e. The molecule has 1 aromatic rings. The zero-order chi connectivity index (χ0) is 18.1. The number of carbonyl (C=O) groups excluding carboxylic acids is 1. The van der Waals surface area contributed by atoms with Crippen molar-refractivity contribution >= 4 is 23.4 Å². The van der Waals surface area contributed by atoms with E-state index >= 15 is 0 Å². The Hall–Kier alpha value is -1.83. The Balaban J connectivity index is 1.84. The molecule has 0 radical (unpaired) electrons. The number of thiazole rings is 1. The average molecular weight is 368 g/mol. The summed E-state index contributed by atoms with van der Waals surface area (Å²) in [7, 11) is 0. The fraction of sp³-hybridized carbons (Fsp3) is 0.706. The van der Waals surface area contributed by atoms with E-state index in [-0.39, 0.29) is 6.09 Å². The maximum absolute atomic E-state index is 11.8. The first-order chi connectivity index (χ1) is 12.2. The molecule has 0 atom stereocenters. The molecule has 1 aliphatic heterocycles. The van der Waals surface area contributed by atoms with Crippen LogP contribution in [0, 0.1) is 0 Å². The second-order valence-corrected chi connectivity index (χ2v) is 7.07.